The number of para-hydroxylation sites is 1. The molecule has 2 heterocycles. The molecule has 29 heavy (non-hydrogen) atoms. The van der Waals surface area contributed by atoms with Crippen LogP contribution in [0.25, 0.3) is 0 Å². The minimum Gasteiger partial charge on any atom is -0.493 e. The molecular weight excluding hydrogens is 395 g/mol. The second-order valence-corrected chi connectivity index (χ2v) is 5.87. The molecule has 0 saturated heterocycles. The van der Waals surface area contributed by atoms with Crippen molar-refractivity contribution in [3.8, 4) is 23.4 Å². The number of primary amides is 1. The summed E-state index contributed by atoms with van der Waals surface area (Å²) in [6.07, 6.45) is -4.82. The summed E-state index contributed by atoms with van der Waals surface area (Å²) in [6, 6.07) is 6.14. The van der Waals surface area contributed by atoms with Gasteiger partial charge >= 0.3 is 6.18 Å². The maximum atomic E-state index is 13.6. The zero-order valence-electron chi connectivity index (χ0n) is 14.8. The summed E-state index contributed by atoms with van der Waals surface area (Å²) in [4.78, 5) is 11.2. The maximum absolute atomic E-state index is 13.6. The number of aromatic nitrogens is 2. The van der Waals surface area contributed by atoms with Crippen LogP contribution < -0.4 is 25.7 Å². The lowest BCUT2D eigenvalue weighted by Crippen LogP contribution is -2.24. The Balaban J connectivity index is 2.29. The topological polar surface area (TPSA) is 149 Å². The fourth-order valence-electron chi connectivity index (χ4n) is 2.99. The largest absolute Gasteiger partial charge is 0.493 e. The van der Waals surface area contributed by atoms with Gasteiger partial charge in [0.05, 0.1) is 18.6 Å². The fraction of sp³-hybridized carbons (Fsp3) is 0.235. The summed E-state index contributed by atoms with van der Waals surface area (Å²) in [5.74, 6) is -2.95. The van der Waals surface area contributed by atoms with E-state index in [0.29, 0.717) is 0 Å². The summed E-state index contributed by atoms with van der Waals surface area (Å²) in [6.45, 7) is -0.567. The zero-order chi connectivity index (χ0) is 21.3. The van der Waals surface area contributed by atoms with E-state index in [9.17, 15) is 23.2 Å². The molecule has 1 aromatic heterocycles. The van der Waals surface area contributed by atoms with Crippen molar-refractivity contribution in [2.24, 2.45) is 11.5 Å². The predicted molar refractivity (Wildman–Crippen MR) is 90.6 cm³/mol. The van der Waals surface area contributed by atoms with Crippen LogP contribution in [0.2, 0.25) is 0 Å². The SMILES string of the molecule is COc1cccc([C@H]2C(C#N)=C(N)Oc3n[nH]c(C(F)(F)F)c32)c1OCC(N)=O. The lowest BCUT2D eigenvalue weighted by atomic mass is 9.83. The van der Waals surface area contributed by atoms with E-state index in [1.54, 1.807) is 6.07 Å². The van der Waals surface area contributed by atoms with Gasteiger partial charge in [-0.2, -0.15) is 18.4 Å². The molecule has 152 valence electrons. The average molecular weight is 409 g/mol. The fourth-order valence-corrected chi connectivity index (χ4v) is 2.99. The van der Waals surface area contributed by atoms with Crippen LogP contribution >= 0.6 is 0 Å². The number of nitrogens with two attached hydrogens (primary N) is 2. The number of methoxy groups -OCH3 is 1. The van der Waals surface area contributed by atoms with Crippen molar-refractivity contribution in [2.45, 2.75) is 12.1 Å². The van der Waals surface area contributed by atoms with Crippen LogP contribution in [-0.2, 0) is 11.0 Å². The third-order valence-electron chi connectivity index (χ3n) is 4.12. The number of nitrogens with one attached hydrogen (secondary N) is 1. The van der Waals surface area contributed by atoms with Gasteiger partial charge in [0.15, 0.2) is 18.1 Å². The molecule has 5 N–H and O–H groups in total. The second kappa shape index (κ2) is 7.27. The quantitative estimate of drug-likeness (QED) is 0.678. The number of nitrogens with zero attached hydrogens (tertiary/aromatic N) is 2. The summed E-state index contributed by atoms with van der Waals surface area (Å²) in [5.41, 5.74) is 9.00. The number of carbonyl (C=O) groups excluding carboxylic acids is 1. The van der Waals surface area contributed by atoms with Crippen LogP contribution in [-0.4, -0.2) is 29.8 Å². The lowest BCUT2D eigenvalue weighted by Gasteiger charge is -2.26. The molecule has 9 nitrogen and oxygen atoms in total. The van der Waals surface area contributed by atoms with Crippen LogP contribution in [0.4, 0.5) is 13.2 Å². The van der Waals surface area contributed by atoms with Gasteiger partial charge in [0.2, 0.25) is 11.8 Å². The average Bonchev–Trinajstić information content (AvgIpc) is 3.08. The van der Waals surface area contributed by atoms with Crippen molar-refractivity contribution < 1.29 is 32.2 Å². The first-order chi connectivity index (χ1) is 13.7. The zero-order valence-corrected chi connectivity index (χ0v) is 14.8. The molecule has 1 aliphatic heterocycles. The number of H-pyrrole nitrogens is 1. The number of hydrogen-bond donors (Lipinski definition) is 3. The molecule has 0 radical (unpaired) electrons. The molecular formula is C17H14F3N5O4. The molecule has 1 aliphatic rings. The molecule has 0 aliphatic carbocycles. The molecule has 1 aromatic carbocycles. The molecule has 0 spiro atoms. The number of amides is 1. The van der Waals surface area contributed by atoms with E-state index in [1.165, 1.54) is 25.3 Å². The number of halogens is 3. The number of ether oxygens (including phenoxy) is 3. The van der Waals surface area contributed by atoms with Gasteiger partial charge in [-0.05, 0) is 6.07 Å². The highest BCUT2D eigenvalue weighted by atomic mass is 19.4. The highest BCUT2D eigenvalue weighted by Gasteiger charge is 2.45. The molecule has 0 bridgehead atoms. The summed E-state index contributed by atoms with van der Waals surface area (Å²) < 4.78 is 56.3. The predicted octanol–water partition coefficient (Wildman–Crippen LogP) is 1.52. The Morgan fingerprint density at radius 1 is 1.45 bits per heavy atom. The summed E-state index contributed by atoms with van der Waals surface area (Å²) in [5, 5.41) is 15.0. The minimum atomic E-state index is -4.82. The van der Waals surface area contributed by atoms with Crippen molar-refractivity contribution in [1.29, 1.82) is 5.26 Å². The normalized spacial score (nSPS) is 15.9. The Morgan fingerprint density at radius 3 is 2.76 bits per heavy atom. The maximum Gasteiger partial charge on any atom is 0.433 e. The monoisotopic (exact) mass is 409 g/mol. The van der Waals surface area contributed by atoms with Gasteiger partial charge in [0.25, 0.3) is 5.91 Å². The number of nitriles is 1. The standard InChI is InChI=1S/C17H14F3N5O4/c1-27-9-4-2-3-7(13(9)28-6-10(22)26)11-8(5-21)15(23)29-16-12(11)14(24-25-16)17(18,19)20/h2-4,11H,6,23H2,1H3,(H2,22,26)(H,24,25)/t11-/m0/s1. The number of aromatic amines is 1. The van der Waals surface area contributed by atoms with Crippen LogP contribution in [0.3, 0.4) is 0 Å². The van der Waals surface area contributed by atoms with Crippen molar-refractivity contribution in [2.75, 3.05) is 13.7 Å². The number of carbonyl (C=O) groups is 1. The highest BCUT2D eigenvalue weighted by Crippen LogP contribution is 2.50. The van der Waals surface area contributed by atoms with Crippen LogP contribution in [0.5, 0.6) is 17.4 Å². The first-order valence-corrected chi connectivity index (χ1v) is 8.00. The highest BCUT2D eigenvalue weighted by molar-refractivity contribution is 5.75. The molecule has 1 amide bonds. The second-order valence-electron chi connectivity index (χ2n) is 5.87. The Hall–Kier alpha value is -3.88. The Morgan fingerprint density at radius 2 is 2.17 bits per heavy atom. The third kappa shape index (κ3) is 3.49. The molecule has 12 heteroatoms. The number of hydrogen-bond acceptors (Lipinski definition) is 7. The molecule has 0 saturated carbocycles. The molecule has 0 fully saturated rings. The molecule has 1 atom stereocenters. The van der Waals surface area contributed by atoms with Gasteiger partial charge in [-0.3, -0.25) is 9.89 Å². The van der Waals surface area contributed by atoms with Gasteiger partial charge in [0, 0.05) is 5.56 Å². The van der Waals surface area contributed by atoms with E-state index in [0.717, 1.165) is 0 Å². The number of allylic oxidation sites excluding steroid dienone is 1. The molecule has 2 aromatic rings. The van der Waals surface area contributed by atoms with E-state index in [2.05, 4.69) is 5.10 Å². The number of fused-ring (bicyclic) bond motifs is 1. The van der Waals surface area contributed by atoms with Crippen molar-refractivity contribution in [3.05, 3.63) is 46.5 Å². The Bertz CT molecular complexity index is 1040. The number of rotatable bonds is 5. The van der Waals surface area contributed by atoms with Gasteiger partial charge in [-0.15, -0.1) is 5.10 Å². The summed E-state index contributed by atoms with van der Waals surface area (Å²) in [7, 11) is 1.31. The van der Waals surface area contributed by atoms with Gasteiger partial charge in [-0.25, -0.2) is 0 Å². The Labute approximate surface area is 161 Å². The third-order valence-corrected chi connectivity index (χ3v) is 4.12. The molecule has 3 rings (SSSR count). The van der Waals surface area contributed by atoms with Gasteiger partial charge < -0.3 is 25.7 Å². The molecule has 0 unspecified atom stereocenters. The van der Waals surface area contributed by atoms with E-state index < -0.39 is 47.6 Å². The van der Waals surface area contributed by atoms with E-state index in [-0.39, 0.29) is 22.6 Å². The van der Waals surface area contributed by atoms with Crippen LogP contribution in [0.1, 0.15) is 22.7 Å². The van der Waals surface area contributed by atoms with Gasteiger partial charge in [0.1, 0.15) is 17.3 Å². The van der Waals surface area contributed by atoms with E-state index in [4.69, 9.17) is 25.7 Å². The van der Waals surface area contributed by atoms with Crippen LogP contribution in [0.15, 0.2) is 29.7 Å². The van der Waals surface area contributed by atoms with Crippen LogP contribution in [0, 0.1) is 11.3 Å². The van der Waals surface area contributed by atoms with E-state index >= 15 is 0 Å². The smallest absolute Gasteiger partial charge is 0.433 e. The minimum absolute atomic E-state index is 0.0680. The number of alkyl halides is 3. The van der Waals surface area contributed by atoms with Crippen molar-refractivity contribution in [1.82, 2.24) is 10.2 Å². The van der Waals surface area contributed by atoms with Gasteiger partial charge in [-0.1, -0.05) is 12.1 Å². The first-order valence-electron chi connectivity index (χ1n) is 8.00. The van der Waals surface area contributed by atoms with E-state index in [1.807, 2.05) is 5.10 Å². The lowest BCUT2D eigenvalue weighted by molar-refractivity contribution is -0.141. The summed E-state index contributed by atoms with van der Waals surface area (Å²) >= 11 is 0. The van der Waals surface area contributed by atoms with Crippen molar-refractivity contribution >= 4 is 5.91 Å². The first kappa shape index (κ1) is 19.9. The Kier molecular flexibility index (Phi) is 4.98. The van der Waals surface area contributed by atoms with Crippen molar-refractivity contribution in [3.63, 3.8) is 0 Å². The number of benzene rings is 1.